The first-order chi connectivity index (χ1) is 9.88. The molecule has 0 aliphatic heterocycles. The van der Waals surface area contributed by atoms with Crippen molar-refractivity contribution in [3.8, 4) is 0 Å². The molecule has 1 aromatic carbocycles. The van der Waals surface area contributed by atoms with Gasteiger partial charge in [-0.25, -0.2) is 4.39 Å². The van der Waals surface area contributed by atoms with E-state index in [1.54, 1.807) is 6.07 Å². The molecule has 5 nitrogen and oxygen atoms in total. The monoisotopic (exact) mass is 296 g/mol. The van der Waals surface area contributed by atoms with Crippen molar-refractivity contribution >= 4 is 11.8 Å². The maximum Gasteiger partial charge on any atom is 0.239 e. The van der Waals surface area contributed by atoms with Crippen LogP contribution in [0.4, 0.5) is 4.39 Å². The molecule has 21 heavy (non-hydrogen) atoms. The SMILES string of the molecule is CC(C)C(O)CNC(=O)CNC(=O)Cc1cccc(F)c1. The number of amides is 2. The van der Waals surface area contributed by atoms with Crippen molar-refractivity contribution in [1.29, 1.82) is 0 Å². The largest absolute Gasteiger partial charge is 0.391 e. The maximum absolute atomic E-state index is 13.0. The minimum atomic E-state index is -0.614. The van der Waals surface area contributed by atoms with Crippen LogP contribution in [0, 0.1) is 11.7 Å². The average molecular weight is 296 g/mol. The molecule has 1 rings (SSSR count). The summed E-state index contributed by atoms with van der Waals surface area (Å²) in [6, 6.07) is 5.74. The Kier molecular flexibility index (Phi) is 6.81. The number of hydrogen-bond donors (Lipinski definition) is 3. The van der Waals surface area contributed by atoms with E-state index < -0.39 is 11.9 Å². The Balaban J connectivity index is 2.28. The third-order valence-electron chi connectivity index (χ3n) is 2.98. The van der Waals surface area contributed by atoms with Crippen LogP contribution in [-0.4, -0.2) is 36.1 Å². The first-order valence-electron chi connectivity index (χ1n) is 6.84. The minimum absolute atomic E-state index is 0.0136. The highest BCUT2D eigenvalue weighted by Gasteiger charge is 2.11. The highest BCUT2D eigenvalue weighted by atomic mass is 19.1. The molecular formula is C15H21FN2O3. The second-order valence-corrected chi connectivity index (χ2v) is 5.20. The van der Waals surface area contributed by atoms with Crippen molar-refractivity contribution in [2.45, 2.75) is 26.4 Å². The van der Waals surface area contributed by atoms with Gasteiger partial charge in [-0.15, -0.1) is 0 Å². The molecule has 1 atom stereocenters. The smallest absolute Gasteiger partial charge is 0.239 e. The molecular weight excluding hydrogens is 275 g/mol. The molecule has 0 radical (unpaired) electrons. The highest BCUT2D eigenvalue weighted by molar-refractivity contribution is 5.85. The summed E-state index contributed by atoms with van der Waals surface area (Å²) in [5.41, 5.74) is 0.545. The third kappa shape index (κ3) is 6.85. The molecule has 0 aliphatic carbocycles. The van der Waals surface area contributed by atoms with Gasteiger partial charge in [-0.2, -0.15) is 0 Å². The van der Waals surface area contributed by atoms with Gasteiger partial charge in [-0.05, 0) is 23.6 Å². The van der Waals surface area contributed by atoms with Gasteiger partial charge < -0.3 is 15.7 Å². The van der Waals surface area contributed by atoms with Crippen molar-refractivity contribution in [3.63, 3.8) is 0 Å². The Hall–Kier alpha value is -1.95. The van der Waals surface area contributed by atoms with E-state index in [0.717, 1.165) is 0 Å². The number of carbonyl (C=O) groups excluding carboxylic acids is 2. The molecule has 0 heterocycles. The molecule has 116 valence electrons. The van der Waals surface area contributed by atoms with Gasteiger partial charge in [0.1, 0.15) is 5.82 Å². The number of carbonyl (C=O) groups is 2. The van der Waals surface area contributed by atoms with Gasteiger partial charge >= 0.3 is 0 Å². The zero-order valence-electron chi connectivity index (χ0n) is 12.2. The molecule has 0 aromatic heterocycles. The van der Waals surface area contributed by atoms with Crippen LogP contribution in [0.15, 0.2) is 24.3 Å². The van der Waals surface area contributed by atoms with E-state index in [1.165, 1.54) is 18.2 Å². The van der Waals surface area contributed by atoms with Gasteiger partial charge in [0.25, 0.3) is 0 Å². The maximum atomic E-state index is 13.0. The third-order valence-corrected chi connectivity index (χ3v) is 2.98. The quantitative estimate of drug-likeness (QED) is 0.690. The number of nitrogens with one attached hydrogen (secondary N) is 2. The van der Waals surface area contributed by atoms with Crippen LogP contribution in [0.5, 0.6) is 0 Å². The Bertz CT molecular complexity index is 492. The fraction of sp³-hybridized carbons (Fsp3) is 0.467. The van der Waals surface area contributed by atoms with Gasteiger partial charge in [-0.1, -0.05) is 26.0 Å². The Morgan fingerprint density at radius 2 is 1.95 bits per heavy atom. The Morgan fingerprint density at radius 3 is 2.57 bits per heavy atom. The van der Waals surface area contributed by atoms with Crippen LogP contribution in [-0.2, 0) is 16.0 Å². The molecule has 0 spiro atoms. The van der Waals surface area contributed by atoms with E-state index in [-0.39, 0.29) is 37.2 Å². The van der Waals surface area contributed by atoms with Gasteiger partial charge in [0.2, 0.25) is 11.8 Å². The molecule has 3 N–H and O–H groups in total. The number of aliphatic hydroxyl groups excluding tert-OH is 1. The van der Waals surface area contributed by atoms with E-state index in [4.69, 9.17) is 0 Å². The number of aliphatic hydroxyl groups is 1. The standard InChI is InChI=1S/C15H21FN2O3/c1-10(2)13(19)8-17-15(21)9-18-14(20)7-11-4-3-5-12(16)6-11/h3-6,10,13,19H,7-9H2,1-2H3,(H,17,21)(H,18,20). The average Bonchev–Trinajstić information content (AvgIpc) is 2.42. The first-order valence-corrected chi connectivity index (χ1v) is 6.84. The Morgan fingerprint density at radius 1 is 1.24 bits per heavy atom. The minimum Gasteiger partial charge on any atom is -0.391 e. The summed E-state index contributed by atoms with van der Waals surface area (Å²) in [5.74, 6) is -1.09. The van der Waals surface area contributed by atoms with Crippen LogP contribution in [0.1, 0.15) is 19.4 Å². The van der Waals surface area contributed by atoms with Crippen molar-refractivity contribution in [2.24, 2.45) is 5.92 Å². The second kappa shape index (κ2) is 8.36. The van der Waals surface area contributed by atoms with E-state index in [9.17, 15) is 19.1 Å². The summed E-state index contributed by atoms with van der Waals surface area (Å²) in [4.78, 5) is 23.1. The second-order valence-electron chi connectivity index (χ2n) is 5.20. The molecule has 6 heteroatoms. The van der Waals surface area contributed by atoms with Crippen LogP contribution < -0.4 is 10.6 Å². The van der Waals surface area contributed by atoms with Gasteiger partial charge in [0, 0.05) is 6.54 Å². The Labute approximate surface area is 123 Å². The van der Waals surface area contributed by atoms with Crippen LogP contribution >= 0.6 is 0 Å². The van der Waals surface area contributed by atoms with Crippen molar-refractivity contribution in [1.82, 2.24) is 10.6 Å². The lowest BCUT2D eigenvalue weighted by molar-refractivity contribution is -0.126. The summed E-state index contributed by atoms with van der Waals surface area (Å²) in [6.45, 7) is 3.67. The predicted molar refractivity (Wildman–Crippen MR) is 77.0 cm³/mol. The number of rotatable bonds is 7. The lowest BCUT2D eigenvalue weighted by Gasteiger charge is -2.15. The van der Waals surface area contributed by atoms with E-state index in [1.807, 2.05) is 13.8 Å². The lowest BCUT2D eigenvalue weighted by atomic mass is 10.1. The molecule has 0 saturated heterocycles. The zero-order chi connectivity index (χ0) is 15.8. The van der Waals surface area contributed by atoms with Crippen molar-refractivity contribution < 1.29 is 19.1 Å². The fourth-order valence-corrected chi connectivity index (χ4v) is 1.59. The normalized spacial score (nSPS) is 12.0. The lowest BCUT2D eigenvalue weighted by Crippen LogP contribution is -2.41. The first kappa shape index (κ1) is 17.1. The van der Waals surface area contributed by atoms with E-state index in [0.29, 0.717) is 5.56 Å². The van der Waals surface area contributed by atoms with Crippen molar-refractivity contribution in [3.05, 3.63) is 35.6 Å². The molecule has 0 bridgehead atoms. The van der Waals surface area contributed by atoms with Crippen molar-refractivity contribution in [2.75, 3.05) is 13.1 Å². The summed E-state index contributed by atoms with van der Waals surface area (Å²) in [5, 5.41) is 14.5. The van der Waals surface area contributed by atoms with Crippen LogP contribution in [0.3, 0.4) is 0 Å². The highest BCUT2D eigenvalue weighted by Crippen LogP contribution is 2.04. The van der Waals surface area contributed by atoms with Gasteiger partial charge in [0.05, 0.1) is 19.1 Å². The van der Waals surface area contributed by atoms with Gasteiger partial charge in [-0.3, -0.25) is 9.59 Å². The number of benzene rings is 1. The number of halogens is 1. The van der Waals surface area contributed by atoms with Crippen LogP contribution in [0.25, 0.3) is 0 Å². The summed E-state index contributed by atoms with van der Waals surface area (Å²) in [6.07, 6.45) is -0.600. The molecule has 1 aromatic rings. The molecule has 0 saturated carbocycles. The van der Waals surface area contributed by atoms with Gasteiger partial charge in [0.15, 0.2) is 0 Å². The molecule has 1 unspecified atom stereocenters. The zero-order valence-corrected chi connectivity index (χ0v) is 12.2. The molecule has 0 fully saturated rings. The fourth-order valence-electron chi connectivity index (χ4n) is 1.59. The predicted octanol–water partition coefficient (Wildman–Crippen LogP) is 0.617. The summed E-state index contributed by atoms with van der Waals surface area (Å²) in [7, 11) is 0. The summed E-state index contributed by atoms with van der Waals surface area (Å²) >= 11 is 0. The van der Waals surface area contributed by atoms with Crippen LogP contribution in [0.2, 0.25) is 0 Å². The molecule has 0 aliphatic rings. The number of hydrogen-bond acceptors (Lipinski definition) is 3. The molecule has 2 amide bonds. The topological polar surface area (TPSA) is 78.4 Å². The van der Waals surface area contributed by atoms with E-state index in [2.05, 4.69) is 10.6 Å². The van der Waals surface area contributed by atoms with E-state index >= 15 is 0 Å². The summed E-state index contributed by atoms with van der Waals surface area (Å²) < 4.78 is 13.0.